The van der Waals surface area contributed by atoms with Gasteiger partial charge in [0.05, 0.1) is 5.56 Å². The molecular weight excluding hydrogens is 573 g/mol. The van der Waals surface area contributed by atoms with Crippen LogP contribution in [0.5, 0.6) is 0 Å². The molecule has 0 bridgehead atoms. The van der Waals surface area contributed by atoms with Gasteiger partial charge in [0.2, 0.25) is 11.8 Å². The molecule has 1 aliphatic rings. The van der Waals surface area contributed by atoms with Crippen LogP contribution in [0.15, 0.2) is 77.7 Å². The molecule has 40 heavy (non-hydrogen) atoms. The Hall–Kier alpha value is -3.40. The van der Waals surface area contributed by atoms with Crippen LogP contribution < -0.4 is 5.32 Å². The minimum atomic E-state index is -4.09. The van der Waals surface area contributed by atoms with E-state index in [9.17, 15) is 22.8 Å². The van der Waals surface area contributed by atoms with Gasteiger partial charge < -0.3 is 10.2 Å². The smallest absolute Gasteiger partial charge is 0.269 e. The van der Waals surface area contributed by atoms with Crippen molar-refractivity contribution in [3.05, 3.63) is 99.5 Å². The molecule has 0 fully saturated rings. The number of rotatable bonds is 10. The fourth-order valence-electron chi connectivity index (χ4n) is 4.56. The maximum Gasteiger partial charge on any atom is 0.269 e. The average Bonchev–Trinajstić information content (AvgIpc) is 3.10. The summed E-state index contributed by atoms with van der Waals surface area (Å²) in [5.41, 5.74) is 1.46. The van der Waals surface area contributed by atoms with Crippen molar-refractivity contribution in [1.82, 2.24) is 14.5 Å². The summed E-state index contributed by atoms with van der Waals surface area (Å²) in [7, 11) is -4.09. The minimum Gasteiger partial charge on any atom is -0.352 e. The van der Waals surface area contributed by atoms with Crippen LogP contribution in [0.2, 0.25) is 10.0 Å². The zero-order valence-electron chi connectivity index (χ0n) is 22.0. The van der Waals surface area contributed by atoms with E-state index in [1.165, 1.54) is 23.1 Å². The highest BCUT2D eigenvalue weighted by Gasteiger charge is 2.41. The minimum absolute atomic E-state index is 0.0290. The lowest BCUT2D eigenvalue weighted by atomic mass is 10.0. The number of carbonyl (C=O) groups is 3. The lowest BCUT2D eigenvalue weighted by Gasteiger charge is -2.32. The lowest BCUT2D eigenvalue weighted by Crippen LogP contribution is -2.52. The van der Waals surface area contributed by atoms with Crippen molar-refractivity contribution in [2.45, 2.75) is 50.2 Å². The third kappa shape index (κ3) is 6.49. The van der Waals surface area contributed by atoms with E-state index in [1.54, 1.807) is 24.3 Å². The van der Waals surface area contributed by atoms with Gasteiger partial charge in [-0.25, -0.2) is 12.7 Å². The highest BCUT2D eigenvalue weighted by atomic mass is 35.5. The third-order valence-electron chi connectivity index (χ3n) is 6.50. The van der Waals surface area contributed by atoms with E-state index in [0.29, 0.717) is 19.9 Å². The Morgan fingerprint density at radius 3 is 2.30 bits per heavy atom. The standard InChI is InChI=1S/C29H29Cl2N3O5S/c1-19(2)32-28(36)25(16-20-8-4-3-5-9-20)33(18-21-12-13-22(30)17-24(21)31)27(35)14-15-34-29(37)23-10-6-7-11-26(23)40(34,38)39/h3-13,17,19,25H,14-16,18H2,1-2H3,(H,32,36)/t25-/m0/s1. The topological polar surface area (TPSA) is 104 Å². The number of benzene rings is 3. The molecule has 3 amide bonds. The van der Waals surface area contributed by atoms with E-state index in [4.69, 9.17) is 23.2 Å². The maximum absolute atomic E-state index is 13.8. The van der Waals surface area contributed by atoms with Gasteiger partial charge in [-0.1, -0.05) is 71.7 Å². The Morgan fingerprint density at radius 1 is 0.975 bits per heavy atom. The first-order chi connectivity index (χ1) is 19.0. The van der Waals surface area contributed by atoms with Crippen LogP contribution in [0, 0.1) is 0 Å². The summed E-state index contributed by atoms with van der Waals surface area (Å²) in [5.74, 6) is -1.56. The zero-order chi connectivity index (χ0) is 29.0. The van der Waals surface area contributed by atoms with Crippen molar-refractivity contribution < 1.29 is 22.8 Å². The molecule has 0 saturated carbocycles. The molecule has 0 spiro atoms. The molecule has 11 heteroatoms. The number of hydrogen-bond acceptors (Lipinski definition) is 5. The molecule has 210 valence electrons. The molecular formula is C29H29Cl2N3O5S. The molecule has 1 aliphatic heterocycles. The summed E-state index contributed by atoms with van der Waals surface area (Å²) >= 11 is 12.5. The van der Waals surface area contributed by atoms with E-state index >= 15 is 0 Å². The van der Waals surface area contributed by atoms with Crippen LogP contribution >= 0.6 is 23.2 Å². The second-order valence-electron chi connectivity index (χ2n) is 9.75. The van der Waals surface area contributed by atoms with Crippen LogP contribution in [0.25, 0.3) is 0 Å². The van der Waals surface area contributed by atoms with Gasteiger partial charge in [-0.05, 0) is 49.2 Å². The summed E-state index contributed by atoms with van der Waals surface area (Å²) in [6.45, 7) is 3.24. The average molecular weight is 603 g/mol. The first kappa shape index (κ1) is 29.6. The maximum atomic E-state index is 13.8. The van der Waals surface area contributed by atoms with Gasteiger partial charge in [0.1, 0.15) is 10.9 Å². The second kappa shape index (κ2) is 12.4. The number of carbonyl (C=O) groups excluding carboxylic acids is 3. The van der Waals surface area contributed by atoms with Crippen LogP contribution in [-0.2, 0) is 32.6 Å². The number of fused-ring (bicyclic) bond motifs is 1. The second-order valence-corrected chi connectivity index (χ2v) is 12.4. The monoisotopic (exact) mass is 601 g/mol. The molecule has 1 heterocycles. The van der Waals surface area contributed by atoms with Crippen molar-refractivity contribution in [2.24, 2.45) is 0 Å². The molecule has 0 unspecified atom stereocenters. The Bertz CT molecular complexity index is 1530. The molecule has 3 aromatic carbocycles. The Labute approximate surface area is 243 Å². The fourth-order valence-corrected chi connectivity index (χ4v) is 6.60. The summed E-state index contributed by atoms with van der Waals surface area (Å²) in [6.07, 6.45) is -0.118. The first-order valence-electron chi connectivity index (χ1n) is 12.7. The molecule has 0 aliphatic carbocycles. The van der Waals surface area contributed by atoms with Gasteiger partial charge in [0.25, 0.3) is 15.9 Å². The molecule has 0 radical (unpaired) electrons. The van der Waals surface area contributed by atoms with Crippen molar-refractivity contribution >= 4 is 50.9 Å². The molecule has 1 atom stereocenters. The summed E-state index contributed by atoms with van der Waals surface area (Å²) < 4.78 is 26.8. The highest BCUT2D eigenvalue weighted by molar-refractivity contribution is 7.90. The summed E-state index contributed by atoms with van der Waals surface area (Å²) in [5, 5.41) is 3.63. The number of nitrogens with one attached hydrogen (secondary N) is 1. The van der Waals surface area contributed by atoms with Crippen LogP contribution in [0.4, 0.5) is 0 Å². The van der Waals surface area contributed by atoms with Gasteiger partial charge in [0, 0.05) is 42.0 Å². The molecule has 4 rings (SSSR count). The fraction of sp³-hybridized carbons (Fsp3) is 0.276. The van der Waals surface area contributed by atoms with Gasteiger partial charge in [-0.15, -0.1) is 0 Å². The Kier molecular flexibility index (Phi) is 9.18. The third-order valence-corrected chi connectivity index (χ3v) is 8.93. The van der Waals surface area contributed by atoms with Crippen molar-refractivity contribution in [1.29, 1.82) is 0 Å². The van der Waals surface area contributed by atoms with Crippen molar-refractivity contribution in [3.63, 3.8) is 0 Å². The predicted octanol–water partition coefficient (Wildman–Crippen LogP) is 4.69. The predicted molar refractivity (Wildman–Crippen MR) is 154 cm³/mol. The molecule has 1 N–H and O–H groups in total. The zero-order valence-corrected chi connectivity index (χ0v) is 24.3. The first-order valence-corrected chi connectivity index (χ1v) is 14.9. The molecule has 8 nitrogen and oxygen atoms in total. The van der Waals surface area contributed by atoms with Crippen molar-refractivity contribution in [2.75, 3.05) is 6.54 Å². The largest absolute Gasteiger partial charge is 0.352 e. The van der Waals surface area contributed by atoms with E-state index in [0.717, 1.165) is 5.56 Å². The van der Waals surface area contributed by atoms with Crippen LogP contribution in [0.3, 0.4) is 0 Å². The normalized spacial score (nSPS) is 14.6. The molecule has 3 aromatic rings. The van der Waals surface area contributed by atoms with E-state index in [1.807, 2.05) is 44.2 Å². The number of halogens is 2. The van der Waals surface area contributed by atoms with E-state index in [2.05, 4.69) is 5.32 Å². The Balaban J connectivity index is 1.66. The van der Waals surface area contributed by atoms with E-state index < -0.39 is 27.9 Å². The van der Waals surface area contributed by atoms with E-state index in [-0.39, 0.29) is 48.3 Å². The van der Waals surface area contributed by atoms with Crippen LogP contribution in [-0.4, -0.2) is 54.0 Å². The van der Waals surface area contributed by atoms with Gasteiger partial charge in [-0.2, -0.15) is 0 Å². The Morgan fingerprint density at radius 2 is 1.65 bits per heavy atom. The van der Waals surface area contributed by atoms with Gasteiger partial charge >= 0.3 is 0 Å². The van der Waals surface area contributed by atoms with Crippen molar-refractivity contribution in [3.8, 4) is 0 Å². The number of amides is 3. The molecule has 0 aromatic heterocycles. The number of hydrogen-bond donors (Lipinski definition) is 1. The van der Waals surface area contributed by atoms with Gasteiger partial charge in [0.15, 0.2) is 0 Å². The highest BCUT2D eigenvalue weighted by Crippen LogP contribution is 2.30. The van der Waals surface area contributed by atoms with Crippen LogP contribution in [0.1, 0.15) is 41.8 Å². The number of sulfonamides is 1. The lowest BCUT2D eigenvalue weighted by molar-refractivity contribution is -0.141. The number of nitrogens with zero attached hydrogens (tertiary/aromatic N) is 2. The summed E-state index contributed by atoms with van der Waals surface area (Å²) in [6, 6.07) is 18.9. The summed E-state index contributed by atoms with van der Waals surface area (Å²) in [4.78, 5) is 41.5. The molecule has 0 saturated heterocycles. The van der Waals surface area contributed by atoms with Gasteiger partial charge in [-0.3, -0.25) is 14.4 Å². The SMILES string of the molecule is CC(C)NC(=O)[C@H](Cc1ccccc1)N(Cc1ccc(Cl)cc1Cl)C(=O)CCN1C(=O)c2ccccc2S1(=O)=O. The quantitative estimate of drug-likeness (QED) is 0.363.